The van der Waals surface area contributed by atoms with Gasteiger partial charge in [0.15, 0.2) is 0 Å². The van der Waals surface area contributed by atoms with Crippen LogP contribution in [0.4, 0.5) is 5.69 Å². The molecule has 0 saturated heterocycles. The largest absolute Gasteiger partial charge is 0.326 e. The number of aryl methyl sites for hydroxylation is 2. The lowest BCUT2D eigenvalue weighted by atomic mass is 10.0. The molecule has 1 aromatic heterocycles. The van der Waals surface area contributed by atoms with Crippen LogP contribution in [0.15, 0.2) is 73.1 Å². The monoisotopic (exact) mass is 365 g/mol. The van der Waals surface area contributed by atoms with Gasteiger partial charge in [0.1, 0.15) is 5.82 Å². The Morgan fingerprint density at radius 3 is 2.57 bits per heavy atom. The van der Waals surface area contributed by atoms with Crippen molar-refractivity contribution in [2.24, 2.45) is 0 Å². The molecular weight excluding hydrogens is 346 g/mol. The van der Waals surface area contributed by atoms with Crippen LogP contribution in [0.2, 0.25) is 0 Å². The maximum Gasteiger partial charge on any atom is 0.228 e. The van der Waals surface area contributed by atoms with Crippen molar-refractivity contribution in [3.05, 3.63) is 90.0 Å². The van der Waals surface area contributed by atoms with Crippen LogP contribution in [0.3, 0.4) is 0 Å². The molecule has 3 aromatic carbocycles. The number of carbonyl (C=O) groups is 1. The molecule has 0 unspecified atom stereocenters. The number of nitrogens with one attached hydrogen (secondary N) is 1. The third-order valence-corrected chi connectivity index (χ3v) is 5.27. The molecule has 0 fully saturated rings. The molecule has 0 radical (unpaired) electrons. The van der Waals surface area contributed by atoms with Crippen LogP contribution in [0.5, 0.6) is 0 Å². The maximum absolute atomic E-state index is 11.5. The molecule has 5 rings (SSSR count). The van der Waals surface area contributed by atoms with Gasteiger partial charge in [-0.2, -0.15) is 0 Å². The topological polar surface area (TPSA) is 54.9 Å². The molecule has 0 bridgehead atoms. The van der Waals surface area contributed by atoms with Crippen LogP contribution in [0.25, 0.3) is 21.9 Å². The normalized spacial score (nSPS) is 12.8. The van der Waals surface area contributed by atoms with E-state index < -0.39 is 0 Å². The minimum Gasteiger partial charge on any atom is -0.326 e. The molecule has 0 atom stereocenters. The average Bonchev–Trinajstić information content (AvgIpc) is 3.12. The predicted molar refractivity (Wildman–Crippen MR) is 111 cm³/mol. The van der Waals surface area contributed by atoms with E-state index in [0.29, 0.717) is 6.42 Å². The molecule has 1 amide bonds. The highest BCUT2D eigenvalue weighted by atomic mass is 16.1. The summed E-state index contributed by atoms with van der Waals surface area (Å²) >= 11 is 0. The van der Waals surface area contributed by atoms with Crippen LogP contribution >= 0.6 is 0 Å². The Hall–Kier alpha value is -3.53. The minimum absolute atomic E-state index is 0.0483. The molecule has 1 N–H and O–H groups in total. The van der Waals surface area contributed by atoms with Gasteiger partial charge >= 0.3 is 0 Å². The van der Waals surface area contributed by atoms with Gasteiger partial charge in [0.05, 0.1) is 6.42 Å². The summed E-state index contributed by atoms with van der Waals surface area (Å²) in [7, 11) is 0. The van der Waals surface area contributed by atoms with Crippen molar-refractivity contribution >= 4 is 22.4 Å². The molecule has 0 aliphatic carbocycles. The standard InChI is InChI=1S/C24H19N3O/c28-24-13-19-12-18(8-10-22(19)27-24)20-14-25-23(26-15-20)11-9-17-6-3-5-16-4-1-2-7-21(16)17/h1-8,10,12,14-15H,9,11,13H2,(H,27,28). The first-order chi connectivity index (χ1) is 13.8. The average molecular weight is 365 g/mol. The fourth-order valence-corrected chi connectivity index (χ4v) is 3.80. The maximum atomic E-state index is 11.5. The highest BCUT2D eigenvalue weighted by Gasteiger charge is 2.17. The number of nitrogens with zero attached hydrogens (tertiary/aromatic N) is 2. The van der Waals surface area contributed by atoms with Crippen molar-refractivity contribution in [3.63, 3.8) is 0 Å². The van der Waals surface area contributed by atoms with Gasteiger partial charge < -0.3 is 5.32 Å². The number of hydrogen-bond donors (Lipinski definition) is 1. The predicted octanol–water partition coefficient (Wildman–Crippen LogP) is 4.58. The van der Waals surface area contributed by atoms with Gasteiger partial charge in [0.25, 0.3) is 0 Å². The summed E-state index contributed by atoms with van der Waals surface area (Å²) in [5, 5.41) is 5.42. The zero-order valence-corrected chi connectivity index (χ0v) is 15.4. The molecule has 4 heteroatoms. The Labute approximate surface area is 163 Å². The van der Waals surface area contributed by atoms with Crippen LogP contribution in [-0.2, 0) is 24.1 Å². The summed E-state index contributed by atoms with van der Waals surface area (Å²) in [5.74, 6) is 0.891. The zero-order valence-electron chi connectivity index (χ0n) is 15.4. The van der Waals surface area contributed by atoms with Gasteiger partial charge in [-0.05, 0) is 46.0 Å². The molecule has 1 aliphatic rings. The summed E-state index contributed by atoms with van der Waals surface area (Å²) < 4.78 is 0. The van der Waals surface area contributed by atoms with Gasteiger partial charge in [-0.15, -0.1) is 0 Å². The van der Waals surface area contributed by atoms with E-state index in [0.717, 1.165) is 41.0 Å². The van der Waals surface area contributed by atoms with E-state index in [4.69, 9.17) is 0 Å². The van der Waals surface area contributed by atoms with Crippen LogP contribution in [0.1, 0.15) is 17.0 Å². The van der Waals surface area contributed by atoms with E-state index >= 15 is 0 Å². The minimum atomic E-state index is 0.0483. The highest BCUT2D eigenvalue weighted by molar-refractivity contribution is 5.99. The first kappa shape index (κ1) is 16.6. The Kier molecular flexibility index (Phi) is 4.09. The summed E-state index contributed by atoms with van der Waals surface area (Å²) in [6.07, 6.45) is 5.89. The molecule has 0 spiro atoms. The Morgan fingerprint density at radius 1 is 0.857 bits per heavy atom. The number of anilines is 1. The molecule has 4 nitrogen and oxygen atoms in total. The lowest BCUT2D eigenvalue weighted by Crippen LogP contribution is -2.03. The van der Waals surface area contributed by atoms with Crippen molar-refractivity contribution in [2.75, 3.05) is 5.32 Å². The quantitative estimate of drug-likeness (QED) is 0.576. The van der Waals surface area contributed by atoms with Crippen molar-refractivity contribution in [3.8, 4) is 11.1 Å². The Balaban J connectivity index is 1.33. The van der Waals surface area contributed by atoms with E-state index in [1.165, 1.54) is 16.3 Å². The van der Waals surface area contributed by atoms with Gasteiger partial charge in [-0.3, -0.25) is 4.79 Å². The van der Waals surface area contributed by atoms with Crippen molar-refractivity contribution in [2.45, 2.75) is 19.3 Å². The number of amides is 1. The Morgan fingerprint density at radius 2 is 1.68 bits per heavy atom. The highest BCUT2D eigenvalue weighted by Crippen LogP contribution is 2.28. The van der Waals surface area contributed by atoms with Crippen LogP contribution < -0.4 is 5.32 Å². The summed E-state index contributed by atoms with van der Waals surface area (Å²) in [6.45, 7) is 0. The lowest BCUT2D eigenvalue weighted by molar-refractivity contribution is -0.115. The van der Waals surface area contributed by atoms with Gasteiger partial charge in [0.2, 0.25) is 5.91 Å². The number of benzene rings is 3. The van der Waals surface area contributed by atoms with Gasteiger partial charge in [-0.25, -0.2) is 9.97 Å². The van der Waals surface area contributed by atoms with Crippen molar-refractivity contribution in [1.29, 1.82) is 0 Å². The third-order valence-electron chi connectivity index (χ3n) is 5.27. The summed E-state index contributed by atoms with van der Waals surface area (Å²) in [4.78, 5) is 20.7. The van der Waals surface area contributed by atoms with Crippen LogP contribution in [-0.4, -0.2) is 15.9 Å². The molecular formula is C24H19N3O. The molecule has 4 aromatic rings. The third kappa shape index (κ3) is 3.14. The second-order valence-corrected chi connectivity index (χ2v) is 7.12. The van der Waals surface area contributed by atoms with E-state index in [2.05, 4.69) is 57.7 Å². The second-order valence-electron chi connectivity index (χ2n) is 7.12. The zero-order chi connectivity index (χ0) is 18.9. The van der Waals surface area contributed by atoms with E-state index in [1.807, 2.05) is 30.6 Å². The number of hydrogen-bond acceptors (Lipinski definition) is 3. The molecule has 0 saturated carbocycles. The first-order valence-corrected chi connectivity index (χ1v) is 9.47. The smallest absolute Gasteiger partial charge is 0.228 e. The number of aromatic nitrogens is 2. The van der Waals surface area contributed by atoms with E-state index in [1.54, 1.807) is 0 Å². The SMILES string of the molecule is O=C1Cc2cc(-c3cnc(CCc4cccc5ccccc45)nc3)ccc2N1. The number of carbonyl (C=O) groups excluding carboxylic acids is 1. The van der Waals surface area contributed by atoms with E-state index in [9.17, 15) is 4.79 Å². The molecule has 136 valence electrons. The van der Waals surface area contributed by atoms with Crippen molar-refractivity contribution in [1.82, 2.24) is 9.97 Å². The molecule has 2 heterocycles. The summed E-state index contributed by atoms with van der Waals surface area (Å²) in [6, 6.07) is 20.9. The summed E-state index contributed by atoms with van der Waals surface area (Å²) in [5.41, 5.74) is 5.26. The first-order valence-electron chi connectivity index (χ1n) is 9.47. The lowest BCUT2D eigenvalue weighted by Gasteiger charge is -2.07. The van der Waals surface area contributed by atoms with Crippen LogP contribution in [0, 0.1) is 0 Å². The van der Waals surface area contributed by atoms with E-state index in [-0.39, 0.29) is 5.91 Å². The molecule has 1 aliphatic heterocycles. The molecule has 28 heavy (non-hydrogen) atoms. The fourth-order valence-electron chi connectivity index (χ4n) is 3.80. The van der Waals surface area contributed by atoms with Gasteiger partial charge in [0, 0.05) is 30.1 Å². The van der Waals surface area contributed by atoms with Crippen molar-refractivity contribution < 1.29 is 4.79 Å². The Bertz CT molecular complexity index is 1180. The number of rotatable bonds is 4. The number of fused-ring (bicyclic) bond motifs is 2. The second kappa shape index (κ2) is 6.89. The fraction of sp³-hybridized carbons (Fsp3) is 0.125. The van der Waals surface area contributed by atoms with Gasteiger partial charge in [-0.1, -0.05) is 48.5 Å².